The lowest BCUT2D eigenvalue weighted by Gasteiger charge is -2.08. The van der Waals surface area contributed by atoms with Crippen LogP contribution in [0.2, 0.25) is 0 Å². The summed E-state index contributed by atoms with van der Waals surface area (Å²) in [6.07, 6.45) is 0. The van der Waals surface area contributed by atoms with Gasteiger partial charge in [0.2, 0.25) is 5.89 Å². The number of anilines is 1. The number of nitro groups is 1. The van der Waals surface area contributed by atoms with Crippen LogP contribution in [0.5, 0.6) is 0 Å². The van der Waals surface area contributed by atoms with Crippen molar-refractivity contribution in [1.82, 2.24) is 10.2 Å². The first-order valence-electron chi connectivity index (χ1n) is 8.42. The highest BCUT2D eigenvalue weighted by Crippen LogP contribution is 2.25. The number of nitrogens with zero attached hydrogens (tertiary/aromatic N) is 3. The Balaban J connectivity index is 1.82. The number of rotatable bonds is 6. The number of non-ortho nitro benzene ring substituents is 1. The van der Waals surface area contributed by atoms with Gasteiger partial charge in [-0.2, -0.15) is 0 Å². The predicted octanol–water partition coefficient (Wildman–Crippen LogP) is 3.08. The van der Waals surface area contributed by atoms with E-state index < -0.39 is 25.9 Å². The highest BCUT2D eigenvalue weighted by Gasteiger charge is 2.21. The Kier molecular flexibility index (Phi) is 5.41. The predicted molar refractivity (Wildman–Crippen MR) is 103 cm³/mol. The highest BCUT2D eigenvalue weighted by molar-refractivity contribution is 7.92. The molecule has 29 heavy (non-hydrogen) atoms. The Bertz CT molecular complexity index is 1190. The fraction of sp³-hybridized carbons (Fsp3) is 0.167. The van der Waals surface area contributed by atoms with Crippen LogP contribution in [0, 0.1) is 10.1 Å². The minimum atomic E-state index is -3.48. The van der Waals surface area contributed by atoms with Crippen LogP contribution in [-0.2, 0) is 9.84 Å². The molecule has 1 aromatic heterocycles. The number of benzene rings is 2. The Morgan fingerprint density at radius 2 is 1.86 bits per heavy atom. The molecular formula is C18H16N4O6S. The van der Waals surface area contributed by atoms with Gasteiger partial charge in [-0.25, -0.2) is 8.42 Å². The summed E-state index contributed by atoms with van der Waals surface area (Å²) in [5.74, 6) is -0.653. The van der Waals surface area contributed by atoms with Crippen LogP contribution in [-0.4, -0.2) is 34.7 Å². The third kappa shape index (κ3) is 4.29. The Hall–Kier alpha value is -3.60. The molecule has 0 aliphatic rings. The standard InChI is InChI=1S/C18H16N4O6S/c1-11(2)29(26,27)15-8-4-6-13(10-15)17-20-21-18(28-17)19-16(23)12-5-3-7-14(9-12)22(24)25/h3-11H,1-2H3,(H,19,21,23). The van der Waals surface area contributed by atoms with E-state index in [1.54, 1.807) is 26.0 Å². The van der Waals surface area contributed by atoms with Crippen molar-refractivity contribution in [2.45, 2.75) is 24.0 Å². The molecule has 1 heterocycles. The van der Waals surface area contributed by atoms with Crippen molar-refractivity contribution < 1.29 is 22.6 Å². The van der Waals surface area contributed by atoms with Crippen LogP contribution in [0.15, 0.2) is 57.8 Å². The van der Waals surface area contributed by atoms with E-state index >= 15 is 0 Å². The molecule has 11 heteroatoms. The Labute approximate surface area is 165 Å². The lowest BCUT2D eigenvalue weighted by Crippen LogP contribution is -2.13. The molecule has 150 valence electrons. The van der Waals surface area contributed by atoms with Crippen LogP contribution in [0.3, 0.4) is 0 Å². The molecule has 0 saturated heterocycles. The summed E-state index contributed by atoms with van der Waals surface area (Å²) < 4.78 is 30.0. The molecule has 0 spiro atoms. The van der Waals surface area contributed by atoms with Crippen molar-refractivity contribution in [3.8, 4) is 11.5 Å². The van der Waals surface area contributed by atoms with Gasteiger partial charge in [-0.3, -0.25) is 20.2 Å². The summed E-state index contributed by atoms with van der Waals surface area (Å²) in [6, 6.07) is 11.0. The van der Waals surface area contributed by atoms with Gasteiger partial charge in [-0.1, -0.05) is 17.2 Å². The number of carbonyl (C=O) groups is 1. The van der Waals surface area contributed by atoms with Crippen molar-refractivity contribution in [2.75, 3.05) is 5.32 Å². The molecule has 1 N–H and O–H groups in total. The second kappa shape index (κ2) is 7.80. The molecule has 0 aliphatic carbocycles. The zero-order valence-corrected chi connectivity index (χ0v) is 16.2. The molecule has 0 bridgehead atoms. The average molecular weight is 416 g/mol. The molecule has 0 fully saturated rings. The lowest BCUT2D eigenvalue weighted by atomic mass is 10.2. The van der Waals surface area contributed by atoms with Gasteiger partial charge in [0.25, 0.3) is 11.6 Å². The largest absolute Gasteiger partial charge is 0.403 e. The minimum Gasteiger partial charge on any atom is -0.403 e. The maximum Gasteiger partial charge on any atom is 0.322 e. The maximum absolute atomic E-state index is 12.3. The van der Waals surface area contributed by atoms with E-state index in [-0.39, 0.29) is 28.1 Å². The first-order valence-corrected chi connectivity index (χ1v) is 9.97. The smallest absolute Gasteiger partial charge is 0.322 e. The SMILES string of the molecule is CC(C)S(=O)(=O)c1cccc(-c2nnc(NC(=O)c3cccc([N+](=O)[O-])c3)o2)c1. The van der Waals surface area contributed by atoms with Crippen LogP contribution in [0.4, 0.5) is 11.7 Å². The maximum atomic E-state index is 12.3. The van der Waals surface area contributed by atoms with Gasteiger partial charge in [0.15, 0.2) is 9.84 Å². The fourth-order valence-corrected chi connectivity index (χ4v) is 3.50. The number of nitrogens with one attached hydrogen (secondary N) is 1. The van der Waals surface area contributed by atoms with Crippen molar-refractivity contribution >= 4 is 27.4 Å². The van der Waals surface area contributed by atoms with E-state index in [9.17, 15) is 23.3 Å². The molecule has 10 nitrogen and oxygen atoms in total. The van der Waals surface area contributed by atoms with Crippen molar-refractivity contribution in [2.24, 2.45) is 0 Å². The van der Waals surface area contributed by atoms with Crippen LogP contribution >= 0.6 is 0 Å². The van der Waals surface area contributed by atoms with E-state index in [0.29, 0.717) is 5.56 Å². The molecule has 3 rings (SSSR count). The van der Waals surface area contributed by atoms with Gasteiger partial charge in [0.05, 0.1) is 15.1 Å². The zero-order valence-electron chi connectivity index (χ0n) is 15.4. The van der Waals surface area contributed by atoms with Gasteiger partial charge < -0.3 is 4.42 Å². The van der Waals surface area contributed by atoms with Crippen LogP contribution < -0.4 is 5.32 Å². The Morgan fingerprint density at radius 1 is 1.14 bits per heavy atom. The van der Waals surface area contributed by atoms with Crippen molar-refractivity contribution in [3.05, 3.63) is 64.2 Å². The quantitative estimate of drug-likeness (QED) is 0.476. The molecular weight excluding hydrogens is 400 g/mol. The Morgan fingerprint density at radius 3 is 2.55 bits per heavy atom. The van der Waals surface area contributed by atoms with E-state index in [0.717, 1.165) is 6.07 Å². The van der Waals surface area contributed by atoms with Gasteiger partial charge in [-0.05, 0) is 38.1 Å². The molecule has 1 amide bonds. The van der Waals surface area contributed by atoms with Gasteiger partial charge in [-0.15, -0.1) is 5.10 Å². The number of nitro benzene ring substituents is 1. The minimum absolute atomic E-state index is 0.0140. The van der Waals surface area contributed by atoms with Crippen molar-refractivity contribution in [1.29, 1.82) is 0 Å². The first kappa shape index (κ1) is 20.1. The third-order valence-electron chi connectivity index (χ3n) is 3.99. The molecule has 0 unspecified atom stereocenters. The number of carbonyl (C=O) groups excluding carboxylic acids is 1. The second-order valence-corrected chi connectivity index (χ2v) is 8.80. The third-order valence-corrected chi connectivity index (χ3v) is 6.15. The zero-order chi connectivity index (χ0) is 21.2. The summed E-state index contributed by atoms with van der Waals surface area (Å²) in [6.45, 7) is 3.16. The molecule has 0 aliphatic heterocycles. The number of hydrogen-bond donors (Lipinski definition) is 1. The first-order chi connectivity index (χ1) is 13.7. The summed E-state index contributed by atoms with van der Waals surface area (Å²) in [4.78, 5) is 22.6. The van der Waals surface area contributed by atoms with Crippen molar-refractivity contribution in [3.63, 3.8) is 0 Å². The highest BCUT2D eigenvalue weighted by atomic mass is 32.2. The molecule has 0 radical (unpaired) electrons. The summed E-state index contributed by atoms with van der Waals surface area (Å²) in [7, 11) is -3.48. The van der Waals surface area contributed by atoms with Crippen LogP contribution in [0.1, 0.15) is 24.2 Å². The van der Waals surface area contributed by atoms with E-state index in [4.69, 9.17) is 4.42 Å². The monoisotopic (exact) mass is 416 g/mol. The number of amides is 1. The topological polar surface area (TPSA) is 145 Å². The fourth-order valence-electron chi connectivity index (χ4n) is 2.40. The van der Waals surface area contributed by atoms with Crippen LogP contribution in [0.25, 0.3) is 11.5 Å². The summed E-state index contributed by atoms with van der Waals surface area (Å²) >= 11 is 0. The average Bonchev–Trinajstić information content (AvgIpc) is 3.16. The normalized spacial score (nSPS) is 11.4. The van der Waals surface area contributed by atoms with Gasteiger partial charge in [0, 0.05) is 23.3 Å². The molecule has 3 aromatic rings. The van der Waals surface area contributed by atoms with Gasteiger partial charge >= 0.3 is 6.01 Å². The summed E-state index contributed by atoms with van der Waals surface area (Å²) in [5, 5.41) is 20.1. The van der Waals surface area contributed by atoms with E-state index in [1.165, 1.54) is 30.3 Å². The second-order valence-electron chi connectivity index (χ2n) is 6.30. The van der Waals surface area contributed by atoms with E-state index in [1.807, 2.05) is 0 Å². The molecule has 2 aromatic carbocycles. The van der Waals surface area contributed by atoms with Gasteiger partial charge in [0.1, 0.15) is 0 Å². The summed E-state index contributed by atoms with van der Waals surface area (Å²) in [5.41, 5.74) is 0.186. The van der Waals surface area contributed by atoms with E-state index in [2.05, 4.69) is 15.5 Å². The molecule has 0 saturated carbocycles. The lowest BCUT2D eigenvalue weighted by molar-refractivity contribution is -0.384. The number of hydrogen-bond acceptors (Lipinski definition) is 8. The number of aromatic nitrogens is 2. The number of sulfone groups is 1. The molecule has 0 atom stereocenters.